The fraction of sp³-hybridized carbons (Fsp3) is 1.00. The third-order valence-corrected chi connectivity index (χ3v) is 2.95. The lowest BCUT2D eigenvalue weighted by Gasteiger charge is -2.30. The first-order valence-electron chi connectivity index (χ1n) is 5.27. The van der Waals surface area contributed by atoms with Crippen LogP contribution in [0.2, 0.25) is 0 Å². The van der Waals surface area contributed by atoms with Crippen molar-refractivity contribution < 1.29 is 0 Å². The molecule has 1 aliphatic rings. The lowest BCUT2D eigenvalue weighted by atomic mass is 9.79. The van der Waals surface area contributed by atoms with Crippen LogP contribution in [0.3, 0.4) is 0 Å². The highest BCUT2D eigenvalue weighted by atomic mass is 14.9. The van der Waals surface area contributed by atoms with Crippen LogP contribution in [0, 0.1) is 11.3 Å². The van der Waals surface area contributed by atoms with Gasteiger partial charge in [0.25, 0.3) is 0 Å². The van der Waals surface area contributed by atoms with Crippen LogP contribution in [-0.4, -0.2) is 12.6 Å². The molecule has 72 valence electrons. The van der Waals surface area contributed by atoms with Gasteiger partial charge in [0, 0.05) is 6.04 Å². The summed E-state index contributed by atoms with van der Waals surface area (Å²) in [7, 11) is 0. The quantitative estimate of drug-likeness (QED) is 0.682. The molecule has 1 aliphatic carbocycles. The zero-order chi connectivity index (χ0) is 9.19. The van der Waals surface area contributed by atoms with Crippen molar-refractivity contribution in [2.24, 2.45) is 11.3 Å². The van der Waals surface area contributed by atoms with E-state index in [9.17, 15) is 0 Å². The maximum atomic E-state index is 3.61. The highest BCUT2D eigenvalue weighted by molar-refractivity contribution is 4.84. The molecule has 1 N–H and O–H groups in total. The monoisotopic (exact) mass is 169 g/mol. The fourth-order valence-corrected chi connectivity index (χ4v) is 1.66. The molecule has 1 heteroatoms. The summed E-state index contributed by atoms with van der Waals surface area (Å²) >= 11 is 0. The smallest absolute Gasteiger partial charge is 0.00683 e. The molecular formula is C11H23N. The molecule has 1 nitrogen and oxygen atoms in total. The van der Waals surface area contributed by atoms with Gasteiger partial charge in [-0.1, -0.05) is 34.1 Å². The minimum Gasteiger partial charge on any atom is -0.314 e. The number of hydrogen-bond acceptors (Lipinski definition) is 1. The van der Waals surface area contributed by atoms with Gasteiger partial charge in [0.05, 0.1) is 0 Å². The Morgan fingerprint density at radius 2 is 1.92 bits per heavy atom. The van der Waals surface area contributed by atoms with Crippen molar-refractivity contribution in [3.63, 3.8) is 0 Å². The van der Waals surface area contributed by atoms with Gasteiger partial charge in [0.15, 0.2) is 0 Å². The molecule has 0 spiro atoms. The van der Waals surface area contributed by atoms with E-state index in [1.165, 1.54) is 25.8 Å². The van der Waals surface area contributed by atoms with Gasteiger partial charge >= 0.3 is 0 Å². The van der Waals surface area contributed by atoms with Crippen LogP contribution in [0.15, 0.2) is 0 Å². The maximum Gasteiger partial charge on any atom is 0.00683 e. The second-order valence-corrected chi connectivity index (χ2v) is 5.15. The van der Waals surface area contributed by atoms with Crippen molar-refractivity contribution in [3.05, 3.63) is 0 Å². The van der Waals surface area contributed by atoms with Gasteiger partial charge in [0.1, 0.15) is 0 Å². The summed E-state index contributed by atoms with van der Waals surface area (Å²) < 4.78 is 0. The zero-order valence-electron chi connectivity index (χ0n) is 8.98. The van der Waals surface area contributed by atoms with E-state index < -0.39 is 0 Å². The average Bonchev–Trinajstić information content (AvgIpc) is 2.69. The van der Waals surface area contributed by atoms with Gasteiger partial charge in [-0.05, 0) is 30.7 Å². The number of rotatable bonds is 4. The van der Waals surface area contributed by atoms with Crippen molar-refractivity contribution in [2.75, 3.05) is 6.54 Å². The van der Waals surface area contributed by atoms with Crippen molar-refractivity contribution in [1.29, 1.82) is 0 Å². The minimum atomic E-state index is 0.469. The van der Waals surface area contributed by atoms with Crippen molar-refractivity contribution >= 4 is 0 Å². The molecule has 0 saturated heterocycles. The number of nitrogens with one attached hydrogen (secondary N) is 1. The van der Waals surface area contributed by atoms with E-state index >= 15 is 0 Å². The third kappa shape index (κ3) is 3.14. The molecule has 1 fully saturated rings. The molecule has 0 heterocycles. The zero-order valence-corrected chi connectivity index (χ0v) is 8.98. The summed E-state index contributed by atoms with van der Waals surface area (Å²) in [5.74, 6) is 0.832. The van der Waals surface area contributed by atoms with Gasteiger partial charge in [-0.25, -0.2) is 0 Å². The molecule has 0 aliphatic heterocycles. The van der Waals surface area contributed by atoms with Crippen LogP contribution in [0.4, 0.5) is 0 Å². The lowest BCUT2D eigenvalue weighted by molar-refractivity contribution is 0.225. The Kier molecular flexibility index (Phi) is 3.16. The molecule has 1 atom stereocenters. The van der Waals surface area contributed by atoms with Crippen LogP contribution in [0.5, 0.6) is 0 Å². The second-order valence-electron chi connectivity index (χ2n) is 5.15. The number of hydrogen-bond donors (Lipinski definition) is 1. The van der Waals surface area contributed by atoms with E-state index in [0.717, 1.165) is 12.0 Å². The van der Waals surface area contributed by atoms with E-state index in [2.05, 4.69) is 33.0 Å². The van der Waals surface area contributed by atoms with E-state index in [1.807, 2.05) is 0 Å². The average molecular weight is 169 g/mol. The lowest BCUT2D eigenvalue weighted by Crippen LogP contribution is -2.32. The summed E-state index contributed by atoms with van der Waals surface area (Å²) in [6.45, 7) is 10.5. The normalized spacial score (nSPS) is 21.0. The van der Waals surface area contributed by atoms with Crippen LogP contribution in [-0.2, 0) is 0 Å². The molecule has 0 bridgehead atoms. The topological polar surface area (TPSA) is 12.0 Å². The van der Waals surface area contributed by atoms with Gasteiger partial charge in [-0.2, -0.15) is 0 Å². The highest BCUT2D eigenvalue weighted by Gasteiger charge is 2.26. The van der Waals surface area contributed by atoms with Crippen molar-refractivity contribution in [2.45, 2.75) is 53.0 Å². The molecule has 0 aromatic carbocycles. The Hall–Kier alpha value is -0.0400. The molecule has 1 unspecified atom stereocenters. The standard InChI is InChI=1S/C11H23N/c1-5-9(11(2,3)4)8-12-10-6-7-10/h9-10,12H,5-8H2,1-4H3. The van der Waals surface area contributed by atoms with Gasteiger partial charge in [0.2, 0.25) is 0 Å². The summed E-state index contributed by atoms with van der Waals surface area (Å²) in [5.41, 5.74) is 0.469. The van der Waals surface area contributed by atoms with Gasteiger partial charge < -0.3 is 5.32 Å². The Morgan fingerprint density at radius 1 is 1.33 bits per heavy atom. The summed E-state index contributed by atoms with van der Waals surface area (Å²) in [5, 5.41) is 3.61. The first-order valence-corrected chi connectivity index (χ1v) is 5.27. The third-order valence-electron chi connectivity index (χ3n) is 2.95. The SMILES string of the molecule is CCC(CNC1CC1)C(C)(C)C. The molecule has 0 aromatic heterocycles. The largest absolute Gasteiger partial charge is 0.314 e. The maximum absolute atomic E-state index is 3.61. The van der Waals surface area contributed by atoms with E-state index in [-0.39, 0.29) is 0 Å². The van der Waals surface area contributed by atoms with E-state index in [0.29, 0.717) is 5.41 Å². The Labute approximate surface area is 76.9 Å². The van der Waals surface area contributed by atoms with Crippen molar-refractivity contribution in [3.8, 4) is 0 Å². The van der Waals surface area contributed by atoms with Crippen LogP contribution in [0.1, 0.15) is 47.0 Å². The molecular weight excluding hydrogens is 146 g/mol. The van der Waals surface area contributed by atoms with Crippen molar-refractivity contribution in [1.82, 2.24) is 5.32 Å². The Morgan fingerprint density at radius 3 is 2.25 bits per heavy atom. The Bertz CT molecular complexity index is 130. The van der Waals surface area contributed by atoms with E-state index in [1.54, 1.807) is 0 Å². The second kappa shape index (κ2) is 3.78. The first kappa shape index (κ1) is 10.0. The molecule has 0 aromatic rings. The highest BCUT2D eigenvalue weighted by Crippen LogP contribution is 2.29. The molecule has 1 rings (SSSR count). The predicted octanol–water partition coefficient (Wildman–Crippen LogP) is 2.81. The molecule has 12 heavy (non-hydrogen) atoms. The summed E-state index contributed by atoms with van der Waals surface area (Å²) in [4.78, 5) is 0. The summed E-state index contributed by atoms with van der Waals surface area (Å²) in [6.07, 6.45) is 4.10. The van der Waals surface area contributed by atoms with Gasteiger partial charge in [-0.3, -0.25) is 0 Å². The van der Waals surface area contributed by atoms with Gasteiger partial charge in [-0.15, -0.1) is 0 Å². The Balaban J connectivity index is 2.23. The van der Waals surface area contributed by atoms with Crippen LogP contribution >= 0.6 is 0 Å². The molecule has 0 amide bonds. The predicted molar refractivity (Wildman–Crippen MR) is 54.3 cm³/mol. The fourth-order valence-electron chi connectivity index (χ4n) is 1.66. The van der Waals surface area contributed by atoms with Crippen LogP contribution < -0.4 is 5.32 Å². The minimum absolute atomic E-state index is 0.469. The van der Waals surface area contributed by atoms with Crippen LogP contribution in [0.25, 0.3) is 0 Å². The first-order chi connectivity index (χ1) is 5.54. The molecule has 1 saturated carbocycles. The molecule has 0 radical (unpaired) electrons. The van der Waals surface area contributed by atoms with E-state index in [4.69, 9.17) is 0 Å². The summed E-state index contributed by atoms with van der Waals surface area (Å²) in [6, 6.07) is 0.862.